The highest BCUT2D eigenvalue weighted by atomic mass is 32.2. The Morgan fingerprint density at radius 1 is 1.60 bits per heavy atom. The number of furan rings is 1. The minimum atomic E-state index is -0.302. The van der Waals surface area contributed by atoms with Crippen LogP contribution in [-0.4, -0.2) is 33.6 Å². The largest absolute Gasteiger partial charge is 0.469 e. The van der Waals surface area contributed by atoms with E-state index in [0.717, 1.165) is 11.3 Å². The van der Waals surface area contributed by atoms with Crippen molar-refractivity contribution in [2.75, 3.05) is 12.9 Å². The molecule has 0 fully saturated rings. The van der Waals surface area contributed by atoms with Crippen molar-refractivity contribution in [1.82, 2.24) is 14.8 Å². The van der Waals surface area contributed by atoms with Gasteiger partial charge in [0.25, 0.3) is 0 Å². The van der Waals surface area contributed by atoms with Crippen LogP contribution >= 0.6 is 11.8 Å². The van der Waals surface area contributed by atoms with Crippen LogP contribution in [-0.2, 0) is 16.1 Å². The quantitative estimate of drug-likeness (QED) is 0.462. The molecular formula is C13H15N3O3S. The first kappa shape index (κ1) is 14.4. The Bertz CT molecular complexity index is 618. The molecule has 7 heteroatoms. The molecule has 0 saturated carbocycles. The number of thioether (sulfide) groups is 1. The Balaban J connectivity index is 2.30. The van der Waals surface area contributed by atoms with E-state index in [-0.39, 0.29) is 11.7 Å². The number of hydrogen-bond donors (Lipinski definition) is 0. The lowest BCUT2D eigenvalue weighted by molar-refractivity contribution is -0.137. The second-order valence-electron chi connectivity index (χ2n) is 3.96. The number of allylic oxidation sites excluding steroid dienone is 1. The Morgan fingerprint density at radius 2 is 2.40 bits per heavy atom. The number of hydrogen-bond acceptors (Lipinski definition) is 6. The minimum absolute atomic E-state index is 0.191. The summed E-state index contributed by atoms with van der Waals surface area (Å²) >= 11 is 1.28. The van der Waals surface area contributed by atoms with Gasteiger partial charge in [0.2, 0.25) is 0 Å². The zero-order valence-corrected chi connectivity index (χ0v) is 12.1. The lowest BCUT2D eigenvalue weighted by atomic mass is 10.2. The second-order valence-corrected chi connectivity index (χ2v) is 4.90. The topological polar surface area (TPSA) is 70.2 Å². The molecule has 2 rings (SSSR count). The molecule has 0 bridgehead atoms. The fourth-order valence-electron chi connectivity index (χ4n) is 1.69. The maximum atomic E-state index is 11.2. The summed E-state index contributed by atoms with van der Waals surface area (Å²) in [5.41, 5.74) is 0.879. The van der Waals surface area contributed by atoms with Crippen LogP contribution < -0.4 is 0 Å². The number of rotatable bonds is 6. The van der Waals surface area contributed by atoms with Crippen LogP contribution in [0.4, 0.5) is 0 Å². The predicted molar refractivity (Wildman–Crippen MR) is 75.4 cm³/mol. The van der Waals surface area contributed by atoms with Gasteiger partial charge >= 0.3 is 5.97 Å². The van der Waals surface area contributed by atoms with E-state index in [1.54, 1.807) is 12.3 Å². The highest BCUT2D eigenvalue weighted by Crippen LogP contribution is 2.27. The molecule has 0 unspecified atom stereocenters. The zero-order valence-electron chi connectivity index (χ0n) is 11.3. The number of carbonyl (C=O) groups excluding carboxylic acids is 1. The number of esters is 1. The fourth-order valence-corrected chi connectivity index (χ4v) is 2.47. The van der Waals surface area contributed by atoms with Crippen molar-refractivity contribution < 1.29 is 13.9 Å². The van der Waals surface area contributed by atoms with Gasteiger partial charge in [-0.2, -0.15) is 0 Å². The van der Waals surface area contributed by atoms with Crippen LogP contribution in [0.25, 0.3) is 11.4 Å². The molecule has 0 atom stereocenters. The summed E-state index contributed by atoms with van der Waals surface area (Å²) in [4.78, 5) is 11.2. The third kappa shape index (κ3) is 2.93. The molecule has 0 aliphatic heterocycles. The third-order valence-electron chi connectivity index (χ3n) is 2.68. The van der Waals surface area contributed by atoms with Crippen LogP contribution in [0.1, 0.15) is 5.76 Å². The summed E-state index contributed by atoms with van der Waals surface area (Å²) < 4.78 is 11.8. The Hall–Kier alpha value is -2.02. The first-order chi connectivity index (χ1) is 9.67. The van der Waals surface area contributed by atoms with Crippen molar-refractivity contribution in [3.05, 3.63) is 30.7 Å². The minimum Gasteiger partial charge on any atom is -0.469 e. The van der Waals surface area contributed by atoms with E-state index in [9.17, 15) is 4.79 Å². The zero-order chi connectivity index (χ0) is 14.5. The molecule has 0 radical (unpaired) electrons. The number of aromatic nitrogens is 3. The van der Waals surface area contributed by atoms with E-state index in [4.69, 9.17) is 4.42 Å². The van der Waals surface area contributed by atoms with E-state index in [2.05, 4.69) is 21.5 Å². The van der Waals surface area contributed by atoms with Crippen LogP contribution in [0.3, 0.4) is 0 Å². The van der Waals surface area contributed by atoms with E-state index in [0.29, 0.717) is 17.5 Å². The van der Waals surface area contributed by atoms with Crippen molar-refractivity contribution in [3.8, 4) is 11.4 Å². The van der Waals surface area contributed by atoms with Crippen molar-refractivity contribution in [2.45, 2.75) is 18.6 Å². The highest BCUT2D eigenvalue weighted by molar-refractivity contribution is 7.99. The Kier molecular flexibility index (Phi) is 4.62. The Labute approximate surface area is 120 Å². The molecule has 0 aliphatic carbocycles. The normalized spacial score (nSPS) is 10.5. The first-order valence-electron chi connectivity index (χ1n) is 5.95. The molecule has 20 heavy (non-hydrogen) atoms. The maximum absolute atomic E-state index is 11.2. The molecule has 0 amide bonds. The predicted octanol–water partition coefficient (Wildman–Crippen LogP) is 2.30. The molecule has 2 heterocycles. The average molecular weight is 293 g/mol. The van der Waals surface area contributed by atoms with Crippen molar-refractivity contribution >= 4 is 17.7 Å². The summed E-state index contributed by atoms with van der Waals surface area (Å²) in [5, 5.41) is 8.94. The fraction of sp³-hybridized carbons (Fsp3) is 0.308. The van der Waals surface area contributed by atoms with Crippen molar-refractivity contribution in [1.29, 1.82) is 0 Å². The van der Waals surface area contributed by atoms with E-state index in [1.165, 1.54) is 18.9 Å². The molecule has 2 aromatic rings. The van der Waals surface area contributed by atoms with Crippen LogP contribution in [0, 0.1) is 6.92 Å². The number of methoxy groups -OCH3 is 1. The van der Waals surface area contributed by atoms with Crippen molar-refractivity contribution in [2.24, 2.45) is 0 Å². The molecule has 0 aromatic carbocycles. The summed E-state index contributed by atoms with van der Waals surface area (Å²) in [6.07, 6.45) is 3.36. The average Bonchev–Trinajstić information content (AvgIpc) is 3.03. The van der Waals surface area contributed by atoms with E-state index >= 15 is 0 Å². The van der Waals surface area contributed by atoms with Gasteiger partial charge in [0.05, 0.1) is 24.7 Å². The lowest BCUT2D eigenvalue weighted by Gasteiger charge is -2.06. The summed E-state index contributed by atoms with van der Waals surface area (Å²) in [6.45, 7) is 6.15. The van der Waals surface area contributed by atoms with Gasteiger partial charge in [-0.05, 0) is 13.0 Å². The molecule has 106 valence electrons. The molecule has 2 aromatic heterocycles. The van der Waals surface area contributed by atoms with Crippen LogP contribution in [0.2, 0.25) is 0 Å². The van der Waals surface area contributed by atoms with Gasteiger partial charge in [-0.1, -0.05) is 17.8 Å². The van der Waals surface area contributed by atoms with Gasteiger partial charge in [0.1, 0.15) is 5.76 Å². The number of ether oxygens (including phenoxy) is 1. The first-order valence-corrected chi connectivity index (χ1v) is 6.94. The lowest BCUT2D eigenvalue weighted by Crippen LogP contribution is -2.06. The maximum Gasteiger partial charge on any atom is 0.316 e. The number of nitrogens with zero attached hydrogens (tertiary/aromatic N) is 3. The van der Waals surface area contributed by atoms with Gasteiger partial charge in [-0.15, -0.1) is 16.8 Å². The number of carbonyl (C=O) groups is 1. The summed E-state index contributed by atoms with van der Waals surface area (Å²) in [7, 11) is 1.36. The standard InChI is InChI=1S/C13H15N3O3S/c1-4-6-16-12(10-5-7-19-9(10)2)14-15-13(16)20-8-11(17)18-3/h4-5,7H,1,6,8H2,2-3H3. The Morgan fingerprint density at radius 3 is 3.00 bits per heavy atom. The van der Waals surface area contributed by atoms with Gasteiger partial charge in [-0.3, -0.25) is 9.36 Å². The molecular weight excluding hydrogens is 278 g/mol. The molecule has 6 nitrogen and oxygen atoms in total. The van der Waals surface area contributed by atoms with Gasteiger partial charge in [-0.25, -0.2) is 0 Å². The van der Waals surface area contributed by atoms with Gasteiger partial charge in [0, 0.05) is 6.54 Å². The molecule has 0 saturated heterocycles. The van der Waals surface area contributed by atoms with E-state index in [1.807, 2.05) is 17.6 Å². The van der Waals surface area contributed by atoms with E-state index < -0.39 is 0 Å². The number of aryl methyl sites for hydroxylation is 1. The van der Waals surface area contributed by atoms with Crippen LogP contribution in [0.5, 0.6) is 0 Å². The van der Waals surface area contributed by atoms with Gasteiger partial charge in [0.15, 0.2) is 11.0 Å². The van der Waals surface area contributed by atoms with Crippen molar-refractivity contribution in [3.63, 3.8) is 0 Å². The second kappa shape index (κ2) is 6.42. The smallest absolute Gasteiger partial charge is 0.316 e. The molecule has 0 N–H and O–H groups in total. The van der Waals surface area contributed by atoms with Gasteiger partial charge < -0.3 is 9.15 Å². The van der Waals surface area contributed by atoms with Crippen LogP contribution in [0.15, 0.2) is 34.6 Å². The monoisotopic (exact) mass is 293 g/mol. The highest BCUT2D eigenvalue weighted by Gasteiger charge is 2.17. The SMILES string of the molecule is C=CCn1c(SCC(=O)OC)nnc1-c1ccoc1C. The third-order valence-corrected chi connectivity index (χ3v) is 3.62. The molecule has 0 spiro atoms. The summed E-state index contributed by atoms with van der Waals surface area (Å²) in [6, 6.07) is 1.84. The molecule has 0 aliphatic rings. The summed E-state index contributed by atoms with van der Waals surface area (Å²) in [5.74, 6) is 1.36.